The fourth-order valence-electron chi connectivity index (χ4n) is 4.32. The van der Waals surface area contributed by atoms with Crippen molar-refractivity contribution in [1.82, 2.24) is 0 Å². The van der Waals surface area contributed by atoms with Gasteiger partial charge in [0.05, 0.1) is 21.6 Å². The molecule has 3 rings (SSSR count). The van der Waals surface area contributed by atoms with E-state index in [0.717, 1.165) is 24.3 Å². The minimum atomic E-state index is -4.64. The fraction of sp³-hybridized carbons (Fsp3) is 0.321. The Hall–Kier alpha value is -3.20. The lowest BCUT2D eigenvalue weighted by Crippen LogP contribution is -2.34. The summed E-state index contributed by atoms with van der Waals surface area (Å²) in [4.78, 5) is 12.3. The third-order valence-corrected chi connectivity index (χ3v) is 6.57. The summed E-state index contributed by atoms with van der Waals surface area (Å²) in [7, 11) is 0. The third kappa shape index (κ3) is 6.81. The van der Waals surface area contributed by atoms with Gasteiger partial charge in [0.25, 0.3) is 0 Å². The van der Waals surface area contributed by atoms with Crippen molar-refractivity contribution in [2.24, 2.45) is 5.92 Å². The van der Waals surface area contributed by atoms with Crippen LogP contribution in [0.25, 0.3) is 11.1 Å². The average molecular weight is 558 g/mol. The molecule has 2 N–H and O–H groups in total. The predicted octanol–water partition coefficient (Wildman–Crippen LogP) is 9.05. The maximum Gasteiger partial charge on any atom is 0.417 e. The molecule has 204 valence electrons. The Balaban J connectivity index is 2.06. The molecule has 10 heteroatoms. The second-order valence-corrected chi connectivity index (χ2v) is 10.2. The van der Waals surface area contributed by atoms with Crippen LogP contribution in [0.15, 0.2) is 60.7 Å². The first kappa shape index (κ1) is 29.4. The maximum absolute atomic E-state index is 13.3. The Morgan fingerprint density at radius 2 is 1.50 bits per heavy atom. The average Bonchev–Trinajstić information content (AvgIpc) is 2.81. The van der Waals surface area contributed by atoms with Gasteiger partial charge in [-0.05, 0) is 84.0 Å². The summed E-state index contributed by atoms with van der Waals surface area (Å²) in [6.45, 7) is 5.28. The highest BCUT2D eigenvalue weighted by Crippen LogP contribution is 2.38. The van der Waals surface area contributed by atoms with Gasteiger partial charge < -0.3 is 10.4 Å². The van der Waals surface area contributed by atoms with E-state index in [0.29, 0.717) is 22.4 Å². The molecule has 0 saturated carbocycles. The van der Waals surface area contributed by atoms with Crippen LogP contribution in [0, 0.1) is 5.92 Å². The van der Waals surface area contributed by atoms with Crippen molar-refractivity contribution in [3.8, 4) is 11.1 Å². The Labute approximate surface area is 221 Å². The van der Waals surface area contributed by atoms with Crippen LogP contribution in [0.2, 0.25) is 5.02 Å². The van der Waals surface area contributed by atoms with Crippen molar-refractivity contribution >= 4 is 23.3 Å². The van der Waals surface area contributed by atoms with E-state index in [1.54, 1.807) is 25.1 Å². The first-order valence-electron chi connectivity index (χ1n) is 11.7. The molecule has 0 spiro atoms. The van der Waals surface area contributed by atoms with Gasteiger partial charge in [0.15, 0.2) is 0 Å². The van der Waals surface area contributed by atoms with Gasteiger partial charge in [0, 0.05) is 12.2 Å². The standard InChI is InChI=1S/C28H26ClF6NO2/c1-16(2)14-26(3,25(37)38)21-11-19(18-5-7-20(8-6-18)27(30,31)32)12-22(13-21)36-15-17-4-9-24(29)23(10-17)28(33,34)35/h4-13,16,36H,14-15H2,1-3H3,(H,37,38). The van der Waals surface area contributed by atoms with Gasteiger partial charge in [-0.3, -0.25) is 4.79 Å². The molecule has 0 aliphatic rings. The van der Waals surface area contributed by atoms with Gasteiger partial charge in [-0.1, -0.05) is 43.6 Å². The number of alkyl halides is 6. The third-order valence-electron chi connectivity index (χ3n) is 6.24. The lowest BCUT2D eigenvalue weighted by molar-refractivity contribution is -0.144. The lowest BCUT2D eigenvalue weighted by atomic mass is 9.75. The van der Waals surface area contributed by atoms with E-state index in [-0.39, 0.29) is 24.4 Å². The van der Waals surface area contributed by atoms with Crippen molar-refractivity contribution in [2.45, 2.75) is 51.5 Å². The molecule has 0 heterocycles. The number of carbonyl (C=O) groups is 1. The number of hydrogen-bond donors (Lipinski definition) is 2. The first-order valence-corrected chi connectivity index (χ1v) is 12.0. The molecule has 1 unspecified atom stereocenters. The highest BCUT2D eigenvalue weighted by molar-refractivity contribution is 6.31. The van der Waals surface area contributed by atoms with Crippen molar-refractivity contribution in [3.63, 3.8) is 0 Å². The maximum atomic E-state index is 13.3. The van der Waals surface area contributed by atoms with Crippen LogP contribution in [0.5, 0.6) is 0 Å². The monoisotopic (exact) mass is 557 g/mol. The van der Waals surface area contributed by atoms with Crippen LogP contribution in [-0.2, 0) is 29.1 Å². The molecule has 0 fully saturated rings. The van der Waals surface area contributed by atoms with Crippen LogP contribution in [-0.4, -0.2) is 11.1 Å². The van der Waals surface area contributed by atoms with Crippen molar-refractivity contribution in [3.05, 3.63) is 87.9 Å². The largest absolute Gasteiger partial charge is 0.481 e. The lowest BCUT2D eigenvalue weighted by Gasteiger charge is -2.28. The molecule has 0 bridgehead atoms. The zero-order chi connectivity index (χ0) is 28.5. The van der Waals surface area contributed by atoms with Crippen LogP contribution in [0.3, 0.4) is 0 Å². The number of carboxylic acid groups (broad SMARTS) is 1. The van der Waals surface area contributed by atoms with E-state index < -0.39 is 39.9 Å². The number of halogens is 7. The minimum absolute atomic E-state index is 0.0112. The summed E-state index contributed by atoms with van der Waals surface area (Å²) in [6.07, 6.45) is -8.87. The van der Waals surface area contributed by atoms with Crippen molar-refractivity contribution in [2.75, 3.05) is 5.32 Å². The number of benzene rings is 3. The summed E-state index contributed by atoms with van der Waals surface area (Å²) in [5, 5.41) is 12.7. The molecule has 0 amide bonds. The van der Waals surface area contributed by atoms with Gasteiger partial charge in [0.2, 0.25) is 0 Å². The SMILES string of the molecule is CC(C)CC(C)(C(=O)O)c1cc(NCc2ccc(Cl)c(C(F)(F)F)c2)cc(-c2ccc(C(F)(F)F)cc2)c1. The number of aliphatic carboxylic acids is 1. The summed E-state index contributed by atoms with van der Waals surface area (Å²) in [6, 6.07) is 12.8. The molecule has 0 aliphatic carbocycles. The highest BCUT2D eigenvalue weighted by atomic mass is 35.5. The molecule has 0 radical (unpaired) electrons. The smallest absolute Gasteiger partial charge is 0.417 e. The Kier molecular flexibility index (Phi) is 8.41. The topological polar surface area (TPSA) is 49.3 Å². The van der Waals surface area contributed by atoms with Crippen LogP contribution in [0.1, 0.15) is 49.4 Å². The van der Waals surface area contributed by atoms with Crippen molar-refractivity contribution < 1.29 is 36.2 Å². The van der Waals surface area contributed by atoms with Gasteiger partial charge in [0.1, 0.15) is 0 Å². The van der Waals surface area contributed by atoms with E-state index >= 15 is 0 Å². The summed E-state index contributed by atoms with van der Waals surface area (Å²) in [5.74, 6) is -1.06. The second-order valence-electron chi connectivity index (χ2n) is 9.77. The normalized spacial score (nSPS) is 13.9. The van der Waals surface area contributed by atoms with E-state index in [9.17, 15) is 36.2 Å². The molecule has 38 heavy (non-hydrogen) atoms. The zero-order valence-corrected chi connectivity index (χ0v) is 21.5. The number of anilines is 1. The molecule has 0 saturated heterocycles. The summed E-state index contributed by atoms with van der Waals surface area (Å²) < 4.78 is 79.0. The number of carboxylic acids is 1. The predicted molar refractivity (Wildman–Crippen MR) is 135 cm³/mol. The van der Waals surface area contributed by atoms with Gasteiger partial charge in [-0.25, -0.2) is 0 Å². The molecular formula is C28H26ClF6NO2. The molecule has 3 aromatic rings. The van der Waals surface area contributed by atoms with Crippen LogP contribution < -0.4 is 5.32 Å². The molecule has 3 aromatic carbocycles. The molecule has 0 aromatic heterocycles. The Morgan fingerprint density at radius 1 is 0.868 bits per heavy atom. The first-order chi connectivity index (χ1) is 17.5. The Morgan fingerprint density at radius 3 is 2.03 bits per heavy atom. The minimum Gasteiger partial charge on any atom is -0.481 e. The molecule has 1 atom stereocenters. The van der Waals surface area contributed by atoms with Gasteiger partial charge >= 0.3 is 18.3 Å². The number of nitrogens with one attached hydrogen (secondary N) is 1. The van der Waals surface area contributed by atoms with Gasteiger partial charge in [-0.2, -0.15) is 26.3 Å². The van der Waals surface area contributed by atoms with Gasteiger partial charge in [-0.15, -0.1) is 0 Å². The second kappa shape index (κ2) is 10.9. The van der Waals surface area contributed by atoms with E-state index in [1.165, 1.54) is 18.2 Å². The molecule has 0 aliphatic heterocycles. The summed E-state index contributed by atoms with van der Waals surface area (Å²) >= 11 is 5.70. The quantitative estimate of drug-likeness (QED) is 0.272. The van der Waals surface area contributed by atoms with Crippen LogP contribution >= 0.6 is 11.6 Å². The van der Waals surface area contributed by atoms with Crippen molar-refractivity contribution in [1.29, 1.82) is 0 Å². The van der Waals surface area contributed by atoms with E-state index in [4.69, 9.17) is 11.6 Å². The van der Waals surface area contributed by atoms with E-state index in [2.05, 4.69) is 5.32 Å². The Bertz CT molecular complexity index is 1300. The fourth-order valence-corrected chi connectivity index (χ4v) is 4.54. The highest BCUT2D eigenvalue weighted by Gasteiger charge is 2.37. The van der Waals surface area contributed by atoms with E-state index in [1.807, 2.05) is 13.8 Å². The molecular weight excluding hydrogens is 532 g/mol. The molecule has 3 nitrogen and oxygen atoms in total. The zero-order valence-electron chi connectivity index (χ0n) is 20.8. The number of hydrogen-bond acceptors (Lipinski definition) is 2. The summed E-state index contributed by atoms with van der Waals surface area (Å²) in [5.41, 5.74) is -1.15. The van der Waals surface area contributed by atoms with Crippen LogP contribution in [0.4, 0.5) is 32.0 Å². The number of rotatable bonds is 8.